The number of aromatic nitrogens is 3. The van der Waals surface area contributed by atoms with Gasteiger partial charge in [0, 0.05) is 10.9 Å². The molecule has 0 saturated heterocycles. The Kier molecular flexibility index (Phi) is 5.39. The Morgan fingerprint density at radius 2 is 1.86 bits per heavy atom. The molecular formula is C20H17FN4O3S. The molecule has 4 aromatic rings. The van der Waals surface area contributed by atoms with Crippen molar-refractivity contribution in [1.82, 2.24) is 14.6 Å². The van der Waals surface area contributed by atoms with Crippen LogP contribution in [0.4, 0.5) is 10.3 Å². The number of carbonyl (C=O) groups excluding carboxylic acids is 1. The second-order valence-electron chi connectivity index (χ2n) is 5.97. The van der Waals surface area contributed by atoms with Gasteiger partial charge in [0.15, 0.2) is 18.1 Å². The predicted molar refractivity (Wildman–Crippen MR) is 108 cm³/mol. The van der Waals surface area contributed by atoms with E-state index in [1.165, 1.54) is 23.5 Å². The fourth-order valence-corrected chi connectivity index (χ4v) is 3.53. The van der Waals surface area contributed by atoms with E-state index in [4.69, 9.17) is 9.47 Å². The largest absolute Gasteiger partial charge is 0.490 e. The molecule has 1 amide bonds. The van der Waals surface area contributed by atoms with Gasteiger partial charge in [0.05, 0.1) is 12.3 Å². The van der Waals surface area contributed by atoms with Gasteiger partial charge in [-0.05, 0) is 43.3 Å². The average molecular weight is 412 g/mol. The first-order valence-electron chi connectivity index (χ1n) is 8.88. The third kappa shape index (κ3) is 4.19. The number of thiazole rings is 1. The Hall–Kier alpha value is -3.46. The van der Waals surface area contributed by atoms with Crippen LogP contribution < -0.4 is 14.8 Å². The van der Waals surface area contributed by atoms with Gasteiger partial charge in [-0.2, -0.15) is 4.98 Å². The van der Waals surface area contributed by atoms with Gasteiger partial charge in [-0.3, -0.25) is 10.1 Å². The zero-order valence-electron chi connectivity index (χ0n) is 15.5. The Balaban J connectivity index is 1.44. The van der Waals surface area contributed by atoms with Crippen LogP contribution in [0.5, 0.6) is 11.5 Å². The van der Waals surface area contributed by atoms with E-state index in [-0.39, 0.29) is 18.4 Å². The van der Waals surface area contributed by atoms with Crippen molar-refractivity contribution in [2.75, 3.05) is 18.5 Å². The molecule has 0 atom stereocenters. The van der Waals surface area contributed by atoms with Crippen LogP contribution in [0.1, 0.15) is 6.92 Å². The topological polar surface area (TPSA) is 77.8 Å². The third-order valence-corrected chi connectivity index (χ3v) is 4.80. The van der Waals surface area contributed by atoms with Crippen LogP contribution in [-0.4, -0.2) is 33.7 Å². The van der Waals surface area contributed by atoms with Crippen LogP contribution in [0.2, 0.25) is 0 Å². The Morgan fingerprint density at radius 3 is 2.59 bits per heavy atom. The monoisotopic (exact) mass is 412 g/mol. The number of carbonyl (C=O) groups is 1. The number of hydrogen-bond acceptors (Lipinski definition) is 6. The normalized spacial score (nSPS) is 10.8. The molecule has 2 heterocycles. The molecule has 1 N–H and O–H groups in total. The highest BCUT2D eigenvalue weighted by Crippen LogP contribution is 2.27. The van der Waals surface area contributed by atoms with Crippen molar-refractivity contribution in [2.45, 2.75) is 6.92 Å². The fraction of sp³-hybridized carbons (Fsp3) is 0.150. The maximum atomic E-state index is 13.2. The molecule has 0 saturated carbocycles. The minimum Gasteiger partial charge on any atom is -0.490 e. The molecule has 4 rings (SSSR count). The molecule has 0 aliphatic carbocycles. The highest BCUT2D eigenvalue weighted by molar-refractivity contribution is 7.15. The predicted octanol–water partition coefficient (Wildman–Crippen LogP) is 4.01. The van der Waals surface area contributed by atoms with E-state index < -0.39 is 5.91 Å². The molecule has 29 heavy (non-hydrogen) atoms. The Bertz CT molecular complexity index is 1140. The van der Waals surface area contributed by atoms with E-state index in [2.05, 4.69) is 15.4 Å². The van der Waals surface area contributed by atoms with Gasteiger partial charge < -0.3 is 9.47 Å². The number of anilines is 1. The number of nitrogens with one attached hydrogen (secondary N) is 1. The first kappa shape index (κ1) is 18.9. The molecule has 148 valence electrons. The summed E-state index contributed by atoms with van der Waals surface area (Å²) in [6, 6.07) is 13.2. The van der Waals surface area contributed by atoms with Crippen molar-refractivity contribution in [3.63, 3.8) is 0 Å². The van der Waals surface area contributed by atoms with Crippen molar-refractivity contribution < 1.29 is 18.7 Å². The maximum absolute atomic E-state index is 13.2. The van der Waals surface area contributed by atoms with Crippen molar-refractivity contribution in [1.29, 1.82) is 0 Å². The van der Waals surface area contributed by atoms with Crippen molar-refractivity contribution in [2.24, 2.45) is 0 Å². The van der Waals surface area contributed by atoms with Crippen LogP contribution in [0.15, 0.2) is 53.9 Å². The van der Waals surface area contributed by atoms with Crippen molar-refractivity contribution >= 4 is 28.2 Å². The molecule has 0 fully saturated rings. The van der Waals surface area contributed by atoms with Crippen LogP contribution in [-0.2, 0) is 4.79 Å². The molecule has 0 aliphatic rings. The molecule has 2 aromatic carbocycles. The summed E-state index contributed by atoms with van der Waals surface area (Å²) < 4.78 is 25.8. The fourth-order valence-electron chi connectivity index (χ4n) is 2.70. The lowest BCUT2D eigenvalue weighted by Gasteiger charge is -2.10. The SMILES string of the molecule is CCOc1ccccc1OCC(=O)Nc1nc2scc(-c3ccc(F)cc3)n2n1. The lowest BCUT2D eigenvalue weighted by atomic mass is 10.2. The molecule has 7 nitrogen and oxygen atoms in total. The van der Waals surface area contributed by atoms with Gasteiger partial charge in [0.1, 0.15) is 5.82 Å². The second-order valence-corrected chi connectivity index (χ2v) is 6.81. The lowest BCUT2D eigenvalue weighted by Crippen LogP contribution is -2.21. The molecular weight excluding hydrogens is 395 g/mol. The minimum atomic E-state index is -0.391. The summed E-state index contributed by atoms with van der Waals surface area (Å²) in [6.45, 7) is 2.17. The number of nitrogens with zero attached hydrogens (tertiary/aromatic N) is 3. The lowest BCUT2D eigenvalue weighted by molar-refractivity contribution is -0.118. The van der Waals surface area contributed by atoms with E-state index in [1.54, 1.807) is 34.8 Å². The number of fused-ring (bicyclic) bond motifs is 1. The van der Waals surface area contributed by atoms with Crippen LogP contribution in [0.25, 0.3) is 16.2 Å². The maximum Gasteiger partial charge on any atom is 0.264 e. The van der Waals surface area contributed by atoms with Crippen LogP contribution in [0, 0.1) is 5.82 Å². The summed E-state index contributed by atoms with van der Waals surface area (Å²) >= 11 is 1.38. The summed E-state index contributed by atoms with van der Waals surface area (Å²) in [5, 5.41) is 8.83. The van der Waals surface area contributed by atoms with Gasteiger partial charge in [-0.1, -0.05) is 12.1 Å². The van der Waals surface area contributed by atoms with E-state index in [0.717, 1.165) is 11.3 Å². The number of hydrogen-bond donors (Lipinski definition) is 1. The number of benzene rings is 2. The van der Waals surface area contributed by atoms with Crippen molar-refractivity contribution in [3.8, 4) is 22.8 Å². The third-order valence-electron chi connectivity index (χ3n) is 3.98. The number of halogens is 1. The van der Waals surface area contributed by atoms with E-state index in [1.807, 2.05) is 18.4 Å². The standard InChI is InChI=1S/C20H17FN4O3S/c1-2-27-16-5-3-4-6-17(16)28-11-18(26)22-19-23-20-25(24-19)15(12-29-20)13-7-9-14(21)10-8-13/h3-10,12H,2,11H2,1H3,(H,22,24,26). The summed E-state index contributed by atoms with van der Waals surface area (Å²) in [5.41, 5.74) is 1.57. The summed E-state index contributed by atoms with van der Waals surface area (Å²) in [5.74, 6) is 0.539. The molecule has 0 bridgehead atoms. The molecule has 0 spiro atoms. The molecule has 2 aromatic heterocycles. The number of para-hydroxylation sites is 2. The van der Waals surface area contributed by atoms with Gasteiger partial charge in [0.25, 0.3) is 11.9 Å². The van der Waals surface area contributed by atoms with Crippen LogP contribution in [0.3, 0.4) is 0 Å². The van der Waals surface area contributed by atoms with E-state index >= 15 is 0 Å². The van der Waals surface area contributed by atoms with Gasteiger partial charge >= 0.3 is 0 Å². The average Bonchev–Trinajstić information content (AvgIpc) is 3.28. The first-order valence-corrected chi connectivity index (χ1v) is 9.76. The number of rotatable bonds is 7. The molecule has 9 heteroatoms. The smallest absolute Gasteiger partial charge is 0.264 e. The molecule has 0 radical (unpaired) electrons. The van der Waals surface area contributed by atoms with Crippen LogP contribution >= 0.6 is 11.3 Å². The highest BCUT2D eigenvalue weighted by atomic mass is 32.1. The number of ether oxygens (including phenoxy) is 2. The van der Waals surface area contributed by atoms with Gasteiger partial charge in [0.2, 0.25) is 4.96 Å². The zero-order chi connectivity index (χ0) is 20.2. The minimum absolute atomic E-state index is 0.173. The zero-order valence-corrected chi connectivity index (χ0v) is 16.3. The van der Waals surface area contributed by atoms with E-state index in [0.29, 0.717) is 23.1 Å². The van der Waals surface area contributed by atoms with Gasteiger partial charge in [-0.25, -0.2) is 8.91 Å². The summed E-state index contributed by atoms with van der Waals surface area (Å²) in [6.07, 6.45) is 0. The number of amides is 1. The quantitative estimate of drug-likeness (QED) is 0.496. The van der Waals surface area contributed by atoms with Gasteiger partial charge in [-0.15, -0.1) is 16.4 Å². The Morgan fingerprint density at radius 1 is 1.14 bits per heavy atom. The highest BCUT2D eigenvalue weighted by Gasteiger charge is 2.14. The first-order chi connectivity index (χ1) is 14.1. The second kappa shape index (κ2) is 8.27. The summed E-state index contributed by atoms with van der Waals surface area (Å²) in [4.78, 5) is 17.2. The molecule has 0 unspecified atom stereocenters. The Labute approximate surface area is 169 Å². The van der Waals surface area contributed by atoms with E-state index in [9.17, 15) is 9.18 Å². The summed E-state index contributed by atoms with van der Waals surface area (Å²) in [7, 11) is 0. The van der Waals surface area contributed by atoms with Crippen molar-refractivity contribution in [3.05, 3.63) is 59.7 Å². The molecule has 0 aliphatic heterocycles.